The monoisotopic (exact) mass is 230 g/mol. The van der Waals surface area contributed by atoms with Crippen LogP contribution in [-0.4, -0.2) is 37.6 Å². The van der Waals surface area contributed by atoms with Crippen molar-refractivity contribution in [3.63, 3.8) is 0 Å². The van der Waals surface area contributed by atoms with Crippen LogP contribution >= 0.6 is 0 Å². The zero-order valence-corrected chi connectivity index (χ0v) is 10.9. The highest BCUT2D eigenvalue weighted by atomic mass is 15.2. The first kappa shape index (κ1) is 11.1. The van der Waals surface area contributed by atoms with E-state index in [1.807, 2.05) is 0 Å². The van der Waals surface area contributed by atoms with Crippen molar-refractivity contribution in [1.29, 1.82) is 0 Å². The summed E-state index contributed by atoms with van der Waals surface area (Å²) < 4.78 is 0. The van der Waals surface area contributed by atoms with E-state index in [1.54, 1.807) is 5.56 Å². The third-order valence-corrected chi connectivity index (χ3v) is 4.30. The molecule has 2 heterocycles. The molecule has 0 N–H and O–H groups in total. The van der Waals surface area contributed by atoms with Crippen molar-refractivity contribution >= 4 is 5.69 Å². The van der Waals surface area contributed by atoms with E-state index >= 15 is 0 Å². The molecule has 0 bridgehead atoms. The maximum absolute atomic E-state index is 2.66. The lowest BCUT2D eigenvalue weighted by Gasteiger charge is -2.36. The number of aryl methyl sites for hydroxylation is 1. The number of nitrogens with zero attached hydrogens (tertiary/aromatic N) is 2. The Morgan fingerprint density at radius 1 is 1.12 bits per heavy atom. The highest BCUT2D eigenvalue weighted by Crippen LogP contribution is 2.33. The second-order valence-corrected chi connectivity index (χ2v) is 5.61. The molecule has 2 nitrogen and oxygen atoms in total. The molecule has 1 aromatic rings. The van der Waals surface area contributed by atoms with Crippen LogP contribution in [0.15, 0.2) is 18.2 Å². The van der Waals surface area contributed by atoms with Gasteiger partial charge in [-0.25, -0.2) is 0 Å². The lowest BCUT2D eigenvalue weighted by atomic mass is 10.0. The number of anilines is 1. The van der Waals surface area contributed by atoms with Crippen LogP contribution in [0, 0.1) is 6.92 Å². The lowest BCUT2D eigenvalue weighted by molar-refractivity contribution is 0.251. The summed E-state index contributed by atoms with van der Waals surface area (Å²) in [6, 6.07) is 7.71. The minimum absolute atomic E-state index is 0.772. The lowest BCUT2D eigenvalue weighted by Crippen LogP contribution is -2.43. The Bertz CT molecular complexity index is 405. The molecule has 3 rings (SSSR count). The molecule has 17 heavy (non-hydrogen) atoms. The summed E-state index contributed by atoms with van der Waals surface area (Å²) >= 11 is 0. The van der Waals surface area contributed by atoms with E-state index in [0.717, 1.165) is 6.04 Å². The number of rotatable bonds is 1. The predicted octanol–water partition coefficient (Wildman–Crippen LogP) is 2.45. The molecule has 1 saturated heterocycles. The Morgan fingerprint density at radius 2 is 1.88 bits per heavy atom. The Balaban J connectivity index is 1.81. The van der Waals surface area contributed by atoms with E-state index in [1.165, 1.54) is 50.1 Å². The predicted molar refractivity (Wildman–Crippen MR) is 72.7 cm³/mol. The Labute approximate surface area is 104 Å². The van der Waals surface area contributed by atoms with E-state index in [4.69, 9.17) is 0 Å². The second kappa shape index (κ2) is 4.34. The SMILES string of the molecule is Cc1ccc2c(c1)N(C1CCN(C)CC1)CC2. The maximum atomic E-state index is 2.66. The largest absolute Gasteiger partial charge is 0.368 e. The highest BCUT2D eigenvalue weighted by molar-refractivity contribution is 5.60. The molecule has 2 heteroatoms. The number of benzene rings is 1. The van der Waals surface area contributed by atoms with Crippen LogP contribution in [0.3, 0.4) is 0 Å². The minimum atomic E-state index is 0.772. The topological polar surface area (TPSA) is 6.48 Å². The van der Waals surface area contributed by atoms with Crippen LogP contribution in [0.2, 0.25) is 0 Å². The average Bonchev–Trinajstić information content (AvgIpc) is 2.73. The fourth-order valence-corrected chi connectivity index (χ4v) is 3.20. The molecule has 0 radical (unpaired) electrons. The maximum Gasteiger partial charge on any atom is 0.0404 e. The van der Waals surface area contributed by atoms with Gasteiger partial charge in [0.1, 0.15) is 0 Å². The van der Waals surface area contributed by atoms with Gasteiger partial charge in [-0.15, -0.1) is 0 Å². The van der Waals surface area contributed by atoms with Crippen molar-refractivity contribution in [2.45, 2.75) is 32.2 Å². The first-order valence-electron chi connectivity index (χ1n) is 6.79. The molecule has 0 amide bonds. The first-order chi connectivity index (χ1) is 8.24. The molecular weight excluding hydrogens is 208 g/mol. The summed E-state index contributed by atoms with van der Waals surface area (Å²) in [6.45, 7) is 5.93. The van der Waals surface area contributed by atoms with Crippen LogP contribution in [-0.2, 0) is 6.42 Å². The summed E-state index contributed by atoms with van der Waals surface area (Å²) in [5, 5.41) is 0. The van der Waals surface area contributed by atoms with Gasteiger partial charge >= 0.3 is 0 Å². The van der Waals surface area contributed by atoms with Gasteiger partial charge < -0.3 is 9.80 Å². The van der Waals surface area contributed by atoms with Gasteiger partial charge in [0.25, 0.3) is 0 Å². The summed E-state index contributed by atoms with van der Waals surface area (Å²) in [5.41, 5.74) is 4.46. The van der Waals surface area contributed by atoms with Crippen molar-refractivity contribution < 1.29 is 0 Å². The van der Waals surface area contributed by atoms with Crippen molar-refractivity contribution in [3.8, 4) is 0 Å². The molecule has 0 saturated carbocycles. The van der Waals surface area contributed by atoms with Crippen molar-refractivity contribution in [2.75, 3.05) is 31.6 Å². The van der Waals surface area contributed by atoms with Crippen molar-refractivity contribution in [2.24, 2.45) is 0 Å². The third-order valence-electron chi connectivity index (χ3n) is 4.30. The Kier molecular flexibility index (Phi) is 2.83. The van der Waals surface area contributed by atoms with E-state index < -0.39 is 0 Å². The zero-order chi connectivity index (χ0) is 11.8. The van der Waals surface area contributed by atoms with Gasteiger partial charge in [0, 0.05) is 18.3 Å². The number of piperidine rings is 1. The number of hydrogen-bond donors (Lipinski definition) is 0. The van der Waals surface area contributed by atoms with Gasteiger partial charge in [-0.3, -0.25) is 0 Å². The second-order valence-electron chi connectivity index (χ2n) is 5.61. The average molecular weight is 230 g/mol. The fourth-order valence-electron chi connectivity index (χ4n) is 3.20. The molecule has 0 aliphatic carbocycles. The molecule has 0 aromatic heterocycles. The molecule has 2 aliphatic heterocycles. The van der Waals surface area contributed by atoms with Crippen molar-refractivity contribution in [1.82, 2.24) is 4.90 Å². The molecule has 0 unspecified atom stereocenters. The van der Waals surface area contributed by atoms with Crippen molar-refractivity contribution in [3.05, 3.63) is 29.3 Å². The van der Waals surface area contributed by atoms with Gasteiger partial charge in [0.05, 0.1) is 0 Å². The van der Waals surface area contributed by atoms with Crippen LogP contribution in [0.5, 0.6) is 0 Å². The van der Waals surface area contributed by atoms with Gasteiger partial charge in [-0.2, -0.15) is 0 Å². The summed E-state index contributed by atoms with van der Waals surface area (Å²) in [4.78, 5) is 5.11. The minimum Gasteiger partial charge on any atom is -0.368 e. The summed E-state index contributed by atoms with van der Waals surface area (Å²) in [6.07, 6.45) is 3.88. The molecular formula is C15H22N2. The Hall–Kier alpha value is -1.02. The van der Waals surface area contributed by atoms with Crippen LogP contribution in [0.1, 0.15) is 24.0 Å². The van der Waals surface area contributed by atoms with Crippen LogP contribution < -0.4 is 4.90 Å². The van der Waals surface area contributed by atoms with Gasteiger partial charge in [0.2, 0.25) is 0 Å². The Morgan fingerprint density at radius 3 is 2.65 bits per heavy atom. The van der Waals surface area contributed by atoms with Crippen LogP contribution in [0.4, 0.5) is 5.69 Å². The number of hydrogen-bond acceptors (Lipinski definition) is 2. The van der Waals surface area contributed by atoms with E-state index in [9.17, 15) is 0 Å². The summed E-state index contributed by atoms with van der Waals surface area (Å²) in [7, 11) is 2.23. The standard InChI is InChI=1S/C15H22N2/c1-12-3-4-13-5-10-17(15(13)11-12)14-6-8-16(2)9-7-14/h3-4,11,14H,5-10H2,1-2H3. The van der Waals surface area contributed by atoms with Gasteiger partial charge in [-0.1, -0.05) is 12.1 Å². The molecule has 0 atom stereocenters. The first-order valence-corrected chi connectivity index (χ1v) is 6.79. The van der Waals surface area contributed by atoms with E-state index in [-0.39, 0.29) is 0 Å². The normalized spacial score (nSPS) is 21.9. The van der Waals surface area contributed by atoms with Crippen LogP contribution in [0.25, 0.3) is 0 Å². The molecule has 1 aromatic carbocycles. The number of likely N-dealkylation sites (tertiary alicyclic amines) is 1. The van der Waals surface area contributed by atoms with E-state index in [0.29, 0.717) is 0 Å². The highest BCUT2D eigenvalue weighted by Gasteiger charge is 2.28. The molecule has 2 aliphatic rings. The third kappa shape index (κ3) is 2.06. The summed E-state index contributed by atoms with van der Waals surface area (Å²) in [5.74, 6) is 0. The smallest absolute Gasteiger partial charge is 0.0404 e. The van der Waals surface area contributed by atoms with Gasteiger partial charge in [0.15, 0.2) is 0 Å². The molecule has 0 spiro atoms. The molecule has 92 valence electrons. The number of fused-ring (bicyclic) bond motifs is 1. The fraction of sp³-hybridized carbons (Fsp3) is 0.600. The van der Waals surface area contributed by atoms with E-state index in [2.05, 4.69) is 42.0 Å². The zero-order valence-electron chi connectivity index (χ0n) is 10.9. The molecule has 1 fully saturated rings. The quantitative estimate of drug-likeness (QED) is 0.731. The van der Waals surface area contributed by atoms with Gasteiger partial charge in [-0.05, 0) is 63.5 Å².